The number of nitrogens with two attached hydrogens (primary N) is 1. The molecule has 0 spiro atoms. The number of nitrogens with one attached hydrogen (secondary N) is 1. The molecule has 1 atom stereocenters. The summed E-state index contributed by atoms with van der Waals surface area (Å²) in [6, 6.07) is 8.81. The lowest BCUT2D eigenvalue weighted by Crippen LogP contribution is -2.86. The molecule has 0 fully saturated rings. The third-order valence-corrected chi connectivity index (χ3v) is 4.16. The van der Waals surface area contributed by atoms with Gasteiger partial charge in [-0.3, -0.25) is 4.79 Å². The summed E-state index contributed by atoms with van der Waals surface area (Å²) in [5, 5.41) is 4.50. The molecule has 6 heteroatoms. The van der Waals surface area contributed by atoms with Crippen molar-refractivity contribution in [1.82, 2.24) is 0 Å². The Kier molecular flexibility index (Phi) is 5.85. The predicted molar refractivity (Wildman–Crippen MR) is 89.1 cm³/mol. The number of halogens is 3. The van der Waals surface area contributed by atoms with Gasteiger partial charge in [-0.1, -0.05) is 6.07 Å². The largest absolute Gasteiger partial charge is 0.332 e. The highest BCUT2D eigenvalue weighted by Gasteiger charge is 2.16. The summed E-state index contributed by atoms with van der Waals surface area (Å²) in [4.78, 5) is 12.0. The highest BCUT2D eigenvalue weighted by Crippen LogP contribution is 2.23. The van der Waals surface area contributed by atoms with Crippen LogP contribution >= 0.6 is 15.9 Å². The average Bonchev–Trinajstić information content (AvgIpc) is 2.48. The quantitative estimate of drug-likeness (QED) is 0.817. The number of amides is 1. The minimum Gasteiger partial charge on any atom is -0.332 e. The normalized spacial score (nSPS) is 12.0. The Balaban J connectivity index is 1.93. The summed E-state index contributed by atoms with van der Waals surface area (Å²) < 4.78 is 27.4. The van der Waals surface area contributed by atoms with Gasteiger partial charge in [-0.05, 0) is 59.6 Å². The Bertz CT molecular complexity index is 722. The summed E-state index contributed by atoms with van der Waals surface area (Å²) in [7, 11) is 0. The molecule has 0 unspecified atom stereocenters. The van der Waals surface area contributed by atoms with Crippen LogP contribution < -0.4 is 10.6 Å². The van der Waals surface area contributed by atoms with Gasteiger partial charge in [0.05, 0.1) is 5.69 Å². The lowest BCUT2D eigenvalue weighted by atomic mass is 10.1. The van der Waals surface area contributed by atoms with E-state index in [0.29, 0.717) is 11.3 Å². The molecule has 3 nitrogen and oxygen atoms in total. The van der Waals surface area contributed by atoms with E-state index in [0.717, 1.165) is 16.1 Å². The first-order valence-corrected chi connectivity index (χ1v) is 8.00. The Labute approximate surface area is 142 Å². The van der Waals surface area contributed by atoms with E-state index in [-0.39, 0.29) is 18.5 Å². The van der Waals surface area contributed by atoms with Crippen molar-refractivity contribution in [1.29, 1.82) is 0 Å². The van der Waals surface area contributed by atoms with Gasteiger partial charge in [-0.2, -0.15) is 0 Å². The maximum Gasteiger partial charge on any atom is 0.279 e. The lowest BCUT2D eigenvalue weighted by Gasteiger charge is -2.12. The molecule has 0 saturated heterocycles. The minimum absolute atomic E-state index is 0.137. The highest BCUT2D eigenvalue weighted by molar-refractivity contribution is 9.10. The van der Waals surface area contributed by atoms with Gasteiger partial charge in [-0.15, -0.1) is 0 Å². The molecule has 0 aromatic heterocycles. The van der Waals surface area contributed by atoms with Crippen LogP contribution in [-0.2, 0) is 4.79 Å². The van der Waals surface area contributed by atoms with Crippen molar-refractivity contribution in [2.75, 3.05) is 11.9 Å². The van der Waals surface area contributed by atoms with E-state index in [4.69, 9.17) is 0 Å². The van der Waals surface area contributed by atoms with E-state index in [9.17, 15) is 13.6 Å². The topological polar surface area (TPSA) is 45.7 Å². The first kappa shape index (κ1) is 17.6. The molecule has 3 N–H and O–H groups in total. The van der Waals surface area contributed by atoms with Gasteiger partial charge < -0.3 is 10.6 Å². The van der Waals surface area contributed by atoms with Crippen LogP contribution in [0.4, 0.5) is 14.5 Å². The zero-order chi connectivity index (χ0) is 17.0. The molecule has 0 bridgehead atoms. The Morgan fingerprint density at radius 3 is 2.65 bits per heavy atom. The number of carbonyl (C=O) groups is 1. The molecule has 122 valence electrons. The number of rotatable bonds is 5. The first-order chi connectivity index (χ1) is 10.9. The van der Waals surface area contributed by atoms with Crippen molar-refractivity contribution in [2.24, 2.45) is 0 Å². The first-order valence-electron chi connectivity index (χ1n) is 7.21. The lowest BCUT2D eigenvalue weighted by molar-refractivity contribution is -0.682. The van der Waals surface area contributed by atoms with Crippen molar-refractivity contribution in [3.8, 4) is 0 Å². The standard InChI is InChI=1S/C17H17BrF2N2O/c1-10-3-6-16(14(18)7-10)22-17(23)9-21-11(2)13-5-4-12(19)8-15(13)20/h3-8,11,21H,9H2,1-2H3,(H,22,23)/p+1/t11-/m0/s1. The Morgan fingerprint density at radius 1 is 1.26 bits per heavy atom. The molecule has 0 aliphatic heterocycles. The van der Waals surface area contributed by atoms with Crippen molar-refractivity contribution >= 4 is 27.5 Å². The van der Waals surface area contributed by atoms with Gasteiger partial charge in [0.1, 0.15) is 17.7 Å². The molecule has 1 amide bonds. The molecule has 0 aliphatic rings. The van der Waals surface area contributed by atoms with Crippen molar-refractivity contribution in [3.63, 3.8) is 0 Å². The third-order valence-electron chi connectivity index (χ3n) is 3.51. The minimum atomic E-state index is -0.611. The summed E-state index contributed by atoms with van der Waals surface area (Å²) in [6.07, 6.45) is 0. The summed E-state index contributed by atoms with van der Waals surface area (Å²) >= 11 is 3.40. The zero-order valence-electron chi connectivity index (χ0n) is 12.9. The number of hydrogen-bond acceptors (Lipinski definition) is 1. The highest BCUT2D eigenvalue weighted by atomic mass is 79.9. The molecule has 2 aromatic carbocycles. The smallest absolute Gasteiger partial charge is 0.279 e. The van der Waals surface area contributed by atoms with Crippen LogP contribution in [0.1, 0.15) is 24.1 Å². The van der Waals surface area contributed by atoms with Crippen LogP contribution in [0.15, 0.2) is 40.9 Å². The molecule has 2 rings (SSSR count). The Morgan fingerprint density at radius 2 is 2.00 bits per heavy atom. The molecule has 2 aromatic rings. The Hall–Kier alpha value is -1.79. The number of aryl methyl sites for hydroxylation is 1. The van der Waals surface area contributed by atoms with Crippen LogP contribution in [0.5, 0.6) is 0 Å². The van der Waals surface area contributed by atoms with Gasteiger partial charge in [0.25, 0.3) is 5.91 Å². The molecular formula is C17H18BrF2N2O+. The fraction of sp³-hybridized carbons (Fsp3) is 0.235. The average molecular weight is 384 g/mol. The second-order valence-electron chi connectivity index (χ2n) is 5.43. The number of hydrogen-bond donors (Lipinski definition) is 2. The van der Waals surface area contributed by atoms with Gasteiger partial charge in [0, 0.05) is 16.1 Å². The van der Waals surface area contributed by atoms with Gasteiger partial charge in [-0.25, -0.2) is 8.78 Å². The zero-order valence-corrected chi connectivity index (χ0v) is 14.5. The molecule has 0 saturated carbocycles. The number of carbonyl (C=O) groups excluding carboxylic acids is 1. The number of quaternary nitrogens is 1. The second kappa shape index (κ2) is 7.66. The maximum absolute atomic E-state index is 13.7. The fourth-order valence-electron chi connectivity index (χ4n) is 2.20. The van der Waals surface area contributed by atoms with E-state index in [2.05, 4.69) is 21.2 Å². The van der Waals surface area contributed by atoms with Gasteiger partial charge in [0.15, 0.2) is 6.54 Å². The van der Waals surface area contributed by atoms with Crippen LogP contribution in [0.25, 0.3) is 0 Å². The molecule has 0 aliphatic carbocycles. The molecule has 0 heterocycles. The molecule has 23 heavy (non-hydrogen) atoms. The fourth-order valence-corrected chi connectivity index (χ4v) is 2.80. The van der Waals surface area contributed by atoms with Crippen LogP contribution in [0.2, 0.25) is 0 Å². The molecular weight excluding hydrogens is 366 g/mol. The molecule has 0 radical (unpaired) electrons. The maximum atomic E-state index is 13.7. The van der Waals surface area contributed by atoms with E-state index >= 15 is 0 Å². The SMILES string of the molecule is Cc1ccc(NC(=O)C[NH2+][C@@H](C)c2ccc(F)cc2F)c(Br)c1. The van der Waals surface area contributed by atoms with Gasteiger partial charge in [0.2, 0.25) is 0 Å². The van der Waals surface area contributed by atoms with E-state index in [1.54, 1.807) is 12.2 Å². The summed E-state index contributed by atoms with van der Waals surface area (Å²) in [5.74, 6) is -1.40. The summed E-state index contributed by atoms with van der Waals surface area (Å²) in [6.45, 7) is 3.87. The van der Waals surface area contributed by atoms with Crippen molar-refractivity contribution in [2.45, 2.75) is 19.9 Å². The van der Waals surface area contributed by atoms with Crippen LogP contribution in [0, 0.1) is 18.6 Å². The monoisotopic (exact) mass is 383 g/mol. The van der Waals surface area contributed by atoms with E-state index in [1.165, 1.54) is 12.1 Å². The van der Waals surface area contributed by atoms with E-state index in [1.807, 2.05) is 25.1 Å². The van der Waals surface area contributed by atoms with E-state index < -0.39 is 11.6 Å². The van der Waals surface area contributed by atoms with Crippen LogP contribution in [0.3, 0.4) is 0 Å². The van der Waals surface area contributed by atoms with Crippen LogP contribution in [-0.4, -0.2) is 12.5 Å². The third kappa shape index (κ3) is 4.84. The summed E-state index contributed by atoms with van der Waals surface area (Å²) in [5.41, 5.74) is 2.15. The predicted octanol–water partition coefficient (Wildman–Crippen LogP) is 3.30. The second-order valence-corrected chi connectivity index (χ2v) is 6.28. The van der Waals surface area contributed by atoms with Crippen molar-refractivity contribution < 1.29 is 18.9 Å². The number of anilines is 1. The van der Waals surface area contributed by atoms with Gasteiger partial charge >= 0.3 is 0 Å². The number of benzene rings is 2. The van der Waals surface area contributed by atoms with Crippen molar-refractivity contribution in [3.05, 3.63) is 63.6 Å².